The van der Waals surface area contributed by atoms with Gasteiger partial charge in [0, 0.05) is 18.6 Å². The highest BCUT2D eigenvalue weighted by Crippen LogP contribution is 2.39. The minimum atomic E-state index is 0.427. The van der Waals surface area contributed by atoms with Gasteiger partial charge in [-0.2, -0.15) is 0 Å². The fraction of sp³-hybridized carbons (Fsp3) is 1.00. The number of rotatable bonds is 3. The summed E-state index contributed by atoms with van der Waals surface area (Å²) in [6, 6.07) is 1.23. The van der Waals surface area contributed by atoms with Crippen LogP contribution in [0.5, 0.6) is 0 Å². The Morgan fingerprint density at radius 2 is 1.95 bits per heavy atom. The van der Waals surface area contributed by atoms with Crippen LogP contribution in [-0.2, 0) is 0 Å². The van der Waals surface area contributed by atoms with Crippen LogP contribution in [0.1, 0.15) is 65.7 Å². The maximum absolute atomic E-state index is 6.38. The van der Waals surface area contributed by atoms with E-state index in [2.05, 4.69) is 32.7 Å². The molecule has 2 rings (SSSR count). The van der Waals surface area contributed by atoms with Crippen molar-refractivity contribution < 1.29 is 0 Å². The van der Waals surface area contributed by atoms with E-state index in [1.54, 1.807) is 0 Å². The molecule has 0 aromatic rings. The summed E-state index contributed by atoms with van der Waals surface area (Å²) in [5, 5.41) is 0. The Morgan fingerprint density at radius 1 is 1.21 bits per heavy atom. The van der Waals surface area contributed by atoms with E-state index >= 15 is 0 Å². The predicted molar refractivity (Wildman–Crippen MR) is 83.1 cm³/mol. The van der Waals surface area contributed by atoms with Crippen LogP contribution in [0.15, 0.2) is 0 Å². The summed E-state index contributed by atoms with van der Waals surface area (Å²) in [6.45, 7) is 8.45. The SMILES string of the molecule is CC1CCCC(N(C)CC2CC(C)(C)CCC2N)C1. The molecule has 0 heterocycles. The molecule has 0 aliphatic heterocycles. The lowest BCUT2D eigenvalue weighted by Gasteiger charge is -2.43. The summed E-state index contributed by atoms with van der Waals surface area (Å²) in [5.74, 6) is 1.61. The van der Waals surface area contributed by atoms with Gasteiger partial charge in [0.15, 0.2) is 0 Å². The Kier molecular flexibility index (Phi) is 4.94. The molecule has 0 saturated heterocycles. The molecule has 0 aromatic carbocycles. The number of nitrogens with two attached hydrogens (primary N) is 1. The van der Waals surface area contributed by atoms with E-state index in [1.165, 1.54) is 51.5 Å². The third kappa shape index (κ3) is 4.19. The minimum Gasteiger partial charge on any atom is -0.327 e. The first kappa shape index (κ1) is 15.3. The maximum Gasteiger partial charge on any atom is 0.00948 e. The molecule has 4 unspecified atom stereocenters. The van der Waals surface area contributed by atoms with Gasteiger partial charge >= 0.3 is 0 Å². The van der Waals surface area contributed by atoms with Gasteiger partial charge in [0.1, 0.15) is 0 Å². The molecule has 4 atom stereocenters. The first-order valence-corrected chi connectivity index (χ1v) is 8.33. The van der Waals surface area contributed by atoms with Crippen molar-refractivity contribution in [3.8, 4) is 0 Å². The smallest absolute Gasteiger partial charge is 0.00948 e. The van der Waals surface area contributed by atoms with Crippen LogP contribution in [0.4, 0.5) is 0 Å². The number of nitrogens with zero attached hydrogens (tertiary/aromatic N) is 1. The van der Waals surface area contributed by atoms with Crippen LogP contribution in [0.2, 0.25) is 0 Å². The van der Waals surface area contributed by atoms with E-state index < -0.39 is 0 Å². The summed E-state index contributed by atoms with van der Waals surface area (Å²) >= 11 is 0. The lowest BCUT2D eigenvalue weighted by molar-refractivity contribution is 0.0890. The van der Waals surface area contributed by atoms with Crippen LogP contribution in [0.3, 0.4) is 0 Å². The molecule has 2 heteroatoms. The third-order valence-corrected chi connectivity index (χ3v) is 5.63. The van der Waals surface area contributed by atoms with Crippen molar-refractivity contribution in [2.75, 3.05) is 13.6 Å². The van der Waals surface area contributed by atoms with E-state index in [0.717, 1.165) is 12.0 Å². The molecule has 0 spiro atoms. The minimum absolute atomic E-state index is 0.427. The van der Waals surface area contributed by atoms with Crippen molar-refractivity contribution in [3.63, 3.8) is 0 Å². The molecule has 2 fully saturated rings. The molecular formula is C17H34N2. The van der Waals surface area contributed by atoms with Gasteiger partial charge in [-0.3, -0.25) is 0 Å². The molecule has 0 bridgehead atoms. The van der Waals surface area contributed by atoms with E-state index in [9.17, 15) is 0 Å². The van der Waals surface area contributed by atoms with Crippen LogP contribution in [-0.4, -0.2) is 30.6 Å². The summed E-state index contributed by atoms with van der Waals surface area (Å²) in [7, 11) is 2.33. The predicted octanol–water partition coefficient (Wildman–Crippen LogP) is 3.65. The lowest BCUT2D eigenvalue weighted by atomic mass is 9.70. The number of hydrogen-bond donors (Lipinski definition) is 1. The molecule has 0 radical (unpaired) electrons. The molecular weight excluding hydrogens is 232 g/mol. The fourth-order valence-electron chi connectivity index (χ4n) is 4.28. The first-order valence-electron chi connectivity index (χ1n) is 8.33. The molecule has 112 valence electrons. The Bertz CT molecular complexity index is 287. The Hall–Kier alpha value is -0.0800. The van der Waals surface area contributed by atoms with Gasteiger partial charge in [-0.1, -0.05) is 33.6 Å². The van der Waals surface area contributed by atoms with Crippen LogP contribution in [0, 0.1) is 17.3 Å². The van der Waals surface area contributed by atoms with Crippen molar-refractivity contribution in [1.29, 1.82) is 0 Å². The third-order valence-electron chi connectivity index (χ3n) is 5.63. The summed E-state index contributed by atoms with van der Waals surface area (Å²) < 4.78 is 0. The van der Waals surface area contributed by atoms with Gasteiger partial charge in [0.2, 0.25) is 0 Å². The average molecular weight is 266 g/mol. The summed E-state index contributed by atoms with van der Waals surface area (Å²) in [6.07, 6.45) is 9.45. The summed E-state index contributed by atoms with van der Waals surface area (Å²) in [4.78, 5) is 2.63. The molecule has 0 amide bonds. The van der Waals surface area contributed by atoms with E-state index in [0.29, 0.717) is 17.4 Å². The highest BCUT2D eigenvalue weighted by Gasteiger charge is 2.34. The fourth-order valence-corrected chi connectivity index (χ4v) is 4.28. The Labute approximate surface area is 120 Å². The average Bonchev–Trinajstić information content (AvgIpc) is 2.33. The molecule has 2 N–H and O–H groups in total. The maximum atomic E-state index is 6.38. The van der Waals surface area contributed by atoms with Crippen LogP contribution >= 0.6 is 0 Å². The van der Waals surface area contributed by atoms with Gasteiger partial charge < -0.3 is 10.6 Å². The molecule has 2 aliphatic carbocycles. The normalized spacial score (nSPS) is 39.5. The zero-order valence-corrected chi connectivity index (χ0v) is 13.5. The largest absolute Gasteiger partial charge is 0.327 e. The van der Waals surface area contributed by atoms with Gasteiger partial charge in [0.25, 0.3) is 0 Å². The standard InChI is InChI=1S/C17H34N2/c1-13-6-5-7-15(10-13)19(4)12-14-11-17(2,3)9-8-16(14)18/h13-16H,5-12,18H2,1-4H3. The number of hydrogen-bond acceptors (Lipinski definition) is 2. The zero-order chi connectivity index (χ0) is 14.0. The topological polar surface area (TPSA) is 29.3 Å². The van der Waals surface area contributed by atoms with Gasteiger partial charge in [0.05, 0.1) is 0 Å². The quantitative estimate of drug-likeness (QED) is 0.845. The van der Waals surface area contributed by atoms with Crippen LogP contribution < -0.4 is 5.73 Å². The molecule has 19 heavy (non-hydrogen) atoms. The van der Waals surface area contributed by atoms with Gasteiger partial charge in [-0.15, -0.1) is 0 Å². The second-order valence-corrected chi connectivity index (χ2v) is 8.20. The van der Waals surface area contributed by atoms with E-state index in [-0.39, 0.29) is 0 Å². The van der Waals surface area contributed by atoms with Crippen molar-refractivity contribution in [2.24, 2.45) is 23.0 Å². The van der Waals surface area contributed by atoms with Crippen molar-refractivity contribution in [1.82, 2.24) is 4.90 Å². The second kappa shape index (κ2) is 6.13. The molecule has 2 aliphatic rings. The van der Waals surface area contributed by atoms with Crippen molar-refractivity contribution in [3.05, 3.63) is 0 Å². The monoisotopic (exact) mass is 266 g/mol. The highest BCUT2D eigenvalue weighted by molar-refractivity contribution is 4.89. The van der Waals surface area contributed by atoms with Crippen molar-refractivity contribution in [2.45, 2.75) is 77.8 Å². The van der Waals surface area contributed by atoms with Crippen LogP contribution in [0.25, 0.3) is 0 Å². The molecule has 0 aromatic heterocycles. The van der Waals surface area contributed by atoms with Gasteiger partial charge in [-0.25, -0.2) is 0 Å². The second-order valence-electron chi connectivity index (χ2n) is 8.20. The molecule has 2 nitrogen and oxygen atoms in total. The van der Waals surface area contributed by atoms with E-state index in [1.807, 2.05) is 0 Å². The Morgan fingerprint density at radius 3 is 2.63 bits per heavy atom. The first-order chi connectivity index (χ1) is 8.87. The summed E-state index contributed by atoms with van der Waals surface area (Å²) in [5.41, 5.74) is 6.88. The highest BCUT2D eigenvalue weighted by atomic mass is 15.1. The Balaban J connectivity index is 1.88. The van der Waals surface area contributed by atoms with Crippen molar-refractivity contribution >= 4 is 0 Å². The molecule has 2 saturated carbocycles. The van der Waals surface area contributed by atoms with Gasteiger partial charge in [-0.05, 0) is 56.4 Å². The van der Waals surface area contributed by atoms with E-state index in [4.69, 9.17) is 5.73 Å². The lowest BCUT2D eigenvalue weighted by Crippen LogP contribution is -2.47. The zero-order valence-electron chi connectivity index (χ0n) is 13.5.